The fourth-order valence-electron chi connectivity index (χ4n) is 4.39. The van der Waals surface area contributed by atoms with Crippen molar-refractivity contribution in [2.45, 2.75) is 13.0 Å². The minimum absolute atomic E-state index is 0.204. The molecule has 0 saturated heterocycles. The lowest BCUT2D eigenvalue weighted by Gasteiger charge is -2.27. The SMILES string of the molecule is CCOC(=O)c1ccc(N2C(=O)c3[nH]nc(-c4ccccc4)c3[C@H]2c2ccccc2OC)cc1. The van der Waals surface area contributed by atoms with Gasteiger partial charge in [0.15, 0.2) is 0 Å². The number of benzene rings is 3. The van der Waals surface area contributed by atoms with Crippen LogP contribution < -0.4 is 9.64 Å². The third kappa shape index (κ3) is 3.51. The number of aromatic nitrogens is 2. The molecule has 1 N–H and O–H groups in total. The smallest absolute Gasteiger partial charge is 0.338 e. The van der Waals surface area contributed by atoms with Gasteiger partial charge in [-0.3, -0.25) is 14.8 Å². The van der Waals surface area contributed by atoms with Gasteiger partial charge in [0.25, 0.3) is 5.91 Å². The first-order valence-corrected chi connectivity index (χ1v) is 11.0. The number of ether oxygens (including phenoxy) is 2. The Bertz CT molecular complexity index is 1350. The number of methoxy groups -OCH3 is 1. The number of H-pyrrole nitrogens is 1. The molecule has 1 aliphatic heterocycles. The van der Waals surface area contributed by atoms with Crippen molar-refractivity contribution in [3.05, 3.63) is 101 Å². The summed E-state index contributed by atoms with van der Waals surface area (Å²) < 4.78 is 10.8. The van der Waals surface area contributed by atoms with Crippen LogP contribution in [0.15, 0.2) is 78.9 Å². The van der Waals surface area contributed by atoms with Gasteiger partial charge in [-0.05, 0) is 37.3 Å². The van der Waals surface area contributed by atoms with Gasteiger partial charge in [-0.1, -0.05) is 48.5 Å². The molecule has 3 aromatic carbocycles. The Hall–Kier alpha value is -4.39. The van der Waals surface area contributed by atoms with Crippen molar-refractivity contribution in [2.24, 2.45) is 0 Å². The number of carbonyl (C=O) groups is 2. The molecule has 0 radical (unpaired) electrons. The van der Waals surface area contributed by atoms with Gasteiger partial charge in [0, 0.05) is 22.4 Å². The maximum atomic E-state index is 13.7. The predicted octanol–water partition coefficient (Wildman–Crippen LogP) is 5.01. The molecule has 1 aromatic heterocycles. The fraction of sp³-hybridized carbons (Fsp3) is 0.148. The number of hydrogen-bond donors (Lipinski definition) is 1. The van der Waals surface area contributed by atoms with Crippen LogP contribution in [0.5, 0.6) is 5.75 Å². The van der Waals surface area contributed by atoms with Gasteiger partial charge >= 0.3 is 5.97 Å². The Kier molecular flexibility index (Phi) is 5.59. The van der Waals surface area contributed by atoms with Crippen LogP contribution in [-0.4, -0.2) is 35.8 Å². The van der Waals surface area contributed by atoms with Crippen molar-refractivity contribution < 1.29 is 19.1 Å². The van der Waals surface area contributed by atoms with Crippen LogP contribution in [-0.2, 0) is 4.74 Å². The second-order valence-electron chi connectivity index (χ2n) is 7.81. The summed E-state index contributed by atoms with van der Waals surface area (Å²) in [6.07, 6.45) is 0. The number of amides is 1. The lowest BCUT2D eigenvalue weighted by atomic mass is 9.95. The van der Waals surface area contributed by atoms with Crippen LogP contribution in [0.4, 0.5) is 5.69 Å². The van der Waals surface area contributed by atoms with Crippen molar-refractivity contribution in [3.8, 4) is 17.0 Å². The Balaban J connectivity index is 1.66. The molecule has 0 bridgehead atoms. The Morgan fingerprint density at radius 1 is 1.00 bits per heavy atom. The van der Waals surface area contributed by atoms with Crippen molar-refractivity contribution in [2.75, 3.05) is 18.6 Å². The highest BCUT2D eigenvalue weighted by molar-refractivity contribution is 6.12. The van der Waals surface area contributed by atoms with Crippen molar-refractivity contribution in [3.63, 3.8) is 0 Å². The van der Waals surface area contributed by atoms with Crippen LogP contribution in [0.2, 0.25) is 0 Å². The first-order chi connectivity index (χ1) is 16.6. The van der Waals surface area contributed by atoms with Gasteiger partial charge in [0.05, 0.1) is 31.0 Å². The predicted molar refractivity (Wildman–Crippen MR) is 128 cm³/mol. The monoisotopic (exact) mass is 453 g/mol. The largest absolute Gasteiger partial charge is 0.496 e. The molecule has 170 valence electrons. The lowest BCUT2D eigenvalue weighted by molar-refractivity contribution is 0.0526. The number of hydrogen-bond acceptors (Lipinski definition) is 5. The number of carbonyl (C=O) groups excluding carboxylic acids is 2. The highest BCUT2D eigenvalue weighted by Gasteiger charge is 2.44. The van der Waals surface area contributed by atoms with Crippen LogP contribution in [0.1, 0.15) is 44.9 Å². The Morgan fingerprint density at radius 3 is 2.41 bits per heavy atom. The summed E-state index contributed by atoms with van der Waals surface area (Å²) in [4.78, 5) is 27.5. The topological polar surface area (TPSA) is 84.5 Å². The van der Waals surface area contributed by atoms with Gasteiger partial charge in [-0.25, -0.2) is 4.79 Å². The molecular weight excluding hydrogens is 430 g/mol. The zero-order valence-electron chi connectivity index (χ0n) is 18.8. The number of esters is 1. The third-order valence-electron chi connectivity index (χ3n) is 5.91. The molecule has 1 atom stereocenters. The summed E-state index contributed by atoms with van der Waals surface area (Å²) >= 11 is 0. The normalized spacial score (nSPS) is 14.7. The number of nitrogens with one attached hydrogen (secondary N) is 1. The molecule has 1 aliphatic rings. The van der Waals surface area contributed by atoms with Gasteiger partial charge < -0.3 is 9.47 Å². The Morgan fingerprint density at radius 2 is 1.71 bits per heavy atom. The summed E-state index contributed by atoms with van der Waals surface area (Å²) in [5.41, 5.74) is 4.76. The molecule has 2 heterocycles. The van der Waals surface area contributed by atoms with E-state index in [1.807, 2.05) is 54.6 Å². The first kappa shape index (κ1) is 21.5. The van der Waals surface area contributed by atoms with Crippen LogP contribution in [0.25, 0.3) is 11.3 Å². The highest BCUT2D eigenvalue weighted by atomic mass is 16.5. The summed E-state index contributed by atoms with van der Waals surface area (Å²) in [6.45, 7) is 2.06. The molecule has 0 unspecified atom stereocenters. The Labute approximate surface area is 196 Å². The van der Waals surface area contributed by atoms with Crippen LogP contribution in [0, 0.1) is 0 Å². The number of nitrogens with zero attached hydrogens (tertiary/aromatic N) is 2. The van der Waals surface area contributed by atoms with E-state index in [0.29, 0.717) is 35.0 Å². The summed E-state index contributed by atoms with van der Waals surface area (Å²) in [5.74, 6) is 0.0647. The van der Waals surface area contributed by atoms with Gasteiger partial charge in [-0.2, -0.15) is 5.10 Å². The molecule has 7 heteroatoms. The zero-order valence-corrected chi connectivity index (χ0v) is 18.8. The van der Waals surface area contributed by atoms with Crippen LogP contribution >= 0.6 is 0 Å². The van der Waals surface area contributed by atoms with Gasteiger partial charge in [0.1, 0.15) is 11.4 Å². The second kappa shape index (κ2) is 8.86. The van der Waals surface area contributed by atoms with Gasteiger partial charge in [-0.15, -0.1) is 0 Å². The van der Waals surface area contributed by atoms with E-state index in [2.05, 4.69) is 10.2 Å². The summed E-state index contributed by atoms with van der Waals surface area (Å²) in [5, 5.41) is 7.46. The number of rotatable bonds is 6. The van der Waals surface area contributed by atoms with Crippen molar-refractivity contribution in [1.29, 1.82) is 0 Å². The number of fused-ring (bicyclic) bond motifs is 1. The summed E-state index contributed by atoms with van der Waals surface area (Å²) in [7, 11) is 1.61. The molecule has 34 heavy (non-hydrogen) atoms. The van der Waals surface area contributed by atoms with E-state index in [1.54, 1.807) is 43.2 Å². The zero-order chi connectivity index (χ0) is 23.7. The third-order valence-corrected chi connectivity index (χ3v) is 5.91. The molecule has 0 fully saturated rings. The van der Waals surface area contributed by atoms with Crippen molar-refractivity contribution >= 4 is 17.6 Å². The standard InChI is InChI=1S/C27H23N3O4/c1-3-34-27(32)18-13-15-19(16-14-18)30-25(20-11-7-8-12-21(20)33-2)22-23(17-9-5-4-6-10-17)28-29-24(22)26(30)31/h4-16,25H,3H2,1-2H3,(H,28,29)/t25-/m1/s1. The number of aromatic amines is 1. The maximum Gasteiger partial charge on any atom is 0.338 e. The quantitative estimate of drug-likeness (QED) is 0.415. The number of para-hydroxylation sites is 1. The molecular formula is C27H23N3O4. The number of anilines is 1. The average molecular weight is 453 g/mol. The van der Waals surface area contributed by atoms with Gasteiger partial charge in [0.2, 0.25) is 0 Å². The van der Waals surface area contributed by atoms with Crippen molar-refractivity contribution in [1.82, 2.24) is 10.2 Å². The van der Waals surface area contributed by atoms with E-state index in [1.165, 1.54) is 0 Å². The van der Waals surface area contributed by atoms with E-state index in [0.717, 1.165) is 16.7 Å². The summed E-state index contributed by atoms with van der Waals surface area (Å²) in [6, 6.07) is 23.8. The lowest BCUT2D eigenvalue weighted by Crippen LogP contribution is -2.29. The van der Waals surface area contributed by atoms with E-state index >= 15 is 0 Å². The van der Waals surface area contributed by atoms with E-state index in [-0.39, 0.29) is 5.91 Å². The minimum atomic E-state index is -0.471. The second-order valence-corrected chi connectivity index (χ2v) is 7.81. The fourth-order valence-corrected chi connectivity index (χ4v) is 4.39. The molecule has 0 saturated carbocycles. The van der Waals surface area contributed by atoms with E-state index < -0.39 is 12.0 Å². The molecule has 4 aromatic rings. The highest BCUT2D eigenvalue weighted by Crippen LogP contribution is 2.47. The average Bonchev–Trinajstić information content (AvgIpc) is 3.43. The molecule has 0 aliphatic carbocycles. The molecule has 1 amide bonds. The van der Waals surface area contributed by atoms with Crippen LogP contribution in [0.3, 0.4) is 0 Å². The molecule has 7 nitrogen and oxygen atoms in total. The molecule has 5 rings (SSSR count). The maximum absolute atomic E-state index is 13.7. The van der Waals surface area contributed by atoms with E-state index in [4.69, 9.17) is 9.47 Å². The van der Waals surface area contributed by atoms with E-state index in [9.17, 15) is 9.59 Å². The minimum Gasteiger partial charge on any atom is -0.496 e. The molecule has 0 spiro atoms. The first-order valence-electron chi connectivity index (χ1n) is 11.0.